The van der Waals surface area contributed by atoms with Gasteiger partial charge in [-0.15, -0.1) is 0 Å². The van der Waals surface area contributed by atoms with Crippen LogP contribution in [0.4, 0.5) is 17.1 Å². The number of piperazine rings is 2. The van der Waals surface area contributed by atoms with Gasteiger partial charge in [0, 0.05) is 125 Å². The van der Waals surface area contributed by atoms with E-state index in [0.29, 0.717) is 29.2 Å². The minimum atomic E-state index is -2.12. The van der Waals surface area contributed by atoms with Crippen molar-refractivity contribution in [1.29, 1.82) is 0 Å². The summed E-state index contributed by atoms with van der Waals surface area (Å²) in [5, 5.41) is 17.5. The van der Waals surface area contributed by atoms with Crippen molar-refractivity contribution < 1.29 is 23.4 Å². The number of hydrogen-bond acceptors (Lipinski definition) is 12. The second-order valence-electron chi connectivity index (χ2n) is 20.8. The maximum absolute atomic E-state index is 14.1. The quantitative estimate of drug-likeness (QED) is 0.0715. The first-order valence-corrected chi connectivity index (χ1v) is 27.0. The molecule has 0 spiro atoms. The molecule has 17 heteroatoms. The molecule has 4 fully saturated rings. The number of allylic oxidation sites excluding steroid dienone is 1. The van der Waals surface area contributed by atoms with Crippen molar-refractivity contribution in [3.05, 3.63) is 117 Å². The zero-order valence-electron chi connectivity index (χ0n) is 40.9. The number of ether oxygens (including phenoxy) is 2. The Hall–Kier alpha value is -5.36. The van der Waals surface area contributed by atoms with Gasteiger partial charge in [0.15, 0.2) is 11.0 Å². The number of nitrogens with zero attached hydrogens (tertiary/aromatic N) is 6. The molecule has 5 aliphatic rings. The average molecular weight is 1000 g/mol. The van der Waals surface area contributed by atoms with E-state index >= 15 is 0 Å². The van der Waals surface area contributed by atoms with Gasteiger partial charge in [0.2, 0.25) is 0 Å². The number of rotatable bonds is 14. The molecule has 3 aliphatic heterocycles. The second kappa shape index (κ2) is 21.8. The van der Waals surface area contributed by atoms with Gasteiger partial charge in [-0.05, 0) is 123 Å². The number of nitro benzene ring substituents is 1. The topological polar surface area (TPSA) is 161 Å². The molecule has 10 rings (SSSR count). The lowest BCUT2D eigenvalue weighted by Crippen LogP contribution is -2.54. The number of halogens is 1. The van der Waals surface area contributed by atoms with Gasteiger partial charge in [0.05, 0.1) is 21.6 Å². The first kappa shape index (κ1) is 49.2. The van der Waals surface area contributed by atoms with Crippen molar-refractivity contribution in [2.75, 3.05) is 82.3 Å². The van der Waals surface area contributed by atoms with Crippen LogP contribution in [0, 0.1) is 15.5 Å². The molecule has 1 saturated carbocycles. The van der Waals surface area contributed by atoms with E-state index in [2.05, 4.69) is 65.6 Å². The molecule has 0 bridgehead atoms. The third kappa shape index (κ3) is 11.8. The summed E-state index contributed by atoms with van der Waals surface area (Å²) in [6.07, 6.45) is 12.8. The highest BCUT2D eigenvalue weighted by Gasteiger charge is 2.33. The van der Waals surface area contributed by atoms with Crippen LogP contribution in [0.1, 0.15) is 87.6 Å². The molecule has 3 N–H and O–H groups in total. The lowest BCUT2D eigenvalue weighted by Gasteiger charge is -2.45. The number of aromatic nitrogens is 2. The number of amides is 1. The minimum absolute atomic E-state index is 0.0870. The highest BCUT2D eigenvalue weighted by Crippen LogP contribution is 2.44. The normalized spacial score (nSPS) is 22.3. The van der Waals surface area contributed by atoms with Crippen molar-refractivity contribution in [2.45, 2.75) is 94.7 Å². The van der Waals surface area contributed by atoms with Gasteiger partial charge in [-0.1, -0.05) is 43.2 Å². The molecule has 15 nitrogen and oxygen atoms in total. The molecule has 3 aromatic carbocycles. The molecule has 0 radical (unpaired) electrons. The van der Waals surface area contributed by atoms with E-state index in [4.69, 9.17) is 21.1 Å². The number of fused-ring (bicyclic) bond motifs is 1. The standard InChI is InChI=1S/C54H66ClN9O6S/c1-54(2)19-15-39(48(34-54)37-3-5-40(55)6-4-37)36-60-21-23-63(24-22-60)44-11-13-47(51(32-44)70-45-31-38-16-20-56-52(38)57-35-45)53(65)59-71(68)46-12-14-49(50(33-46)64(66)67)58-41-7-9-42(10-8-41)61-25-27-62(28-26-61)43-17-29-69-30-18-43/h3-6,11-14,16,20,31-33,35,41-43,58H,7-10,15,17-19,21-30,34,36H2,1-2H3,(H,56,57)(H,59,65). The number of carbonyl (C=O) groups excluding carboxylic acids is 1. The zero-order chi connectivity index (χ0) is 49.1. The predicted molar refractivity (Wildman–Crippen MR) is 281 cm³/mol. The van der Waals surface area contributed by atoms with Crippen molar-refractivity contribution in [3.63, 3.8) is 0 Å². The molecule has 1 amide bonds. The fraction of sp³-hybridized carbons (Fsp3) is 0.481. The summed E-state index contributed by atoms with van der Waals surface area (Å²) in [6, 6.07) is 23.2. The molecule has 2 aromatic heterocycles. The summed E-state index contributed by atoms with van der Waals surface area (Å²) < 4.78 is 28.5. The first-order chi connectivity index (χ1) is 34.4. The maximum Gasteiger partial charge on any atom is 0.293 e. The molecule has 5 heterocycles. The van der Waals surface area contributed by atoms with Gasteiger partial charge < -0.3 is 24.7 Å². The van der Waals surface area contributed by atoms with Crippen molar-refractivity contribution in [2.24, 2.45) is 5.41 Å². The van der Waals surface area contributed by atoms with Crippen LogP contribution in [0.3, 0.4) is 0 Å². The SMILES string of the molecule is CC1(C)CCC(CN2CCN(c3ccc(C(=O)NS(=O)c4ccc(NC5CCC(N6CCN(C7CCOCC7)CC6)CC5)c([N+](=O)[O-])c4)c(Oc4cnc5[nH]ccc5c4)c3)CC2)=C(c2ccc(Cl)cc2)C1. The summed E-state index contributed by atoms with van der Waals surface area (Å²) in [5.41, 5.74) is 6.40. The van der Waals surface area contributed by atoms with E-state index in [-0.39, 0.29) is 33.4 Å². The monoisotopic (exact) mass is 1000 g/mol. The Morgan fingerprint density at radius 3 is 2.34 bits per heavy atom. The van der Waals surface area contributed by atoms with E-state index in [1.165, 1.54) is 22.8 Å². The third-order valence-corrected chi connectivity index (χ3v) is 16.8. The number of pyridine rings is 1. The van der Waals surface area contributed by atoms with Crippen LogP contribution in [-0.2, 0) is 15.7 Å². The summed E-state index contributed by atoms with van der Waals surface area (Å²) >= 11 is 6.27. The Bertz CT molecular complexity index is 2760. The molecular weight excluding hydrogens is 938 g/mol. The highest BCUT2D eigenvalue weighted by atomic mass is 35.5. The maximum atomic E-state index is 14.1. The fourth-order valence-corrected chi connectivity index (χ4v) is 12.3. The fourth-order valence-electron chi connectivity index (χ4n) is 11.4. The van der Waals surface area contributed by atoms with Gasteiger partial charge >= 0.3 is 0 Å². The average Bonchev–Trinajstić information content (AvgIpc) is 3.86. The Morgan fingerprint density at radius 2 is 1.62 bits per heavy atom. The smallest absolute Gasteiger partial charge is 0.293 e. The highest BCUT2D eigenvalue weighted by molar-refractivity contribution is 7.83. The molecule has 3 saturated heterocycles. The lowest BCUT2D eigenvalue weighted by molar-refractivity contribution is -0.384. The van der Waals surface area contributed by atoms with Crippen LogP contribution in [0.5, 0.6) is 11.5 Å². The Kier molecular flexibility index (Phi) is 15.1. The van der Waals surface area contributed by atoms with E-state index in [1.54, 1.807) is 30.6 Å². The number of nitro groups is 1. The Morgan fingerprint density at radius 1 is 0.901 bits per heavy atom. The van der Waals surface area contributed by atoms with Crippen LogP contribution >= 0.6 is 11.6 Å². The van der Waals surface area contributed by atoms with Gasteiger partial charge in [-0.25, -0.2) is 9.19 Å². The summed E-state index contributed by atoms with van der Waals surface area (Å²) in [6.45, 7) is 15.0. The summed E-state index contributed by atoms with van der Waals surface area (Å²) in [5.74, 6) is 0.0689. The van der Waals surface area contributed by atoms with Crippen LogP contribution in [0.2, 0.25) is 5.02 Å². The first-order valence-electron chi connectivity index (χ1n) is 25.4. The van der Waals surface area contributed by atoms with Gasteiger partial charge in [0.1, 0.15) is 22.8 Å². The molecule has 1 unspecified atom stereocenters. The van der Waals surface area contributed by atoms with Crippen LogP contribution in [0.25, 0.3) is 16.6 Å². The van der Waals surface area contributed by atoms with Gasteiger partial charge in [0.25, 0.3) is 11.6 Å². The number of benzene rings is 3. The summed E-state index contributed by atoms with van der Waals surface area (Å²) in [7, 11) is -2.12. The number of anilines is 2. The van der Waals surface area contributed by atoms with E-state index < -0.39 is 21.8 Å². The lowest BCUT2D eigenvalue weighted by atomic mass is 9.72. The molecule has 5 aromatic rings. The predicted octanol–water partition coefficient (Wildman–Crippen LogP) is 9.68. The van der Waals surface area contributed by atoms with Crippen LogP contribution in [0.15, 0.2) is 95.7 Å². The Labute approximate surface area is 424 Å². The molecule has 1 atom stereocenters. The van der Waals surface area contributed by atoms with Gasteiger partial charge in [-0.2, -0.15) is 0 Å². The number of aromatic amines is 1. The zero-order valence-corrected chi connectivity index (χ0v) is 42.4. The third-order valence-electron chi connectivity index (χ3n) is 15.5. The molecular formula is C54H66ClN9O6S. The number of hydrogen-bond donors (Lipinski definition) is 3. The number of carbonyl (C=O) groups is 1. The minimum Gasteiger partial charge on any atom is -0.455 e. The molecule has 2 aliphatic carbocycles. The van der Waals surface area contributed by atoms with E-state index in [0.717, 1.165) is 146 Å². The number of H-pyrrole nitrogens is 1. The largest absolute Gasteiger partial charge is 0.455 e. The van der Waals surface area contributed by atoms with E-state index in [1.807, 2.05) is 36.4 Å². The van der Waals surface area contributed by atoms with Crippen LogP contribution < -0.4 is 19.7 Å². The van der Waals surface area contributed by atoms with Crippen molar-refractivity contribution in [3.8, 4) is 11.5 Å². The number of nitrogens with one attached hydrogen (secondary N) is 3. The van der Waals surface area contributed by atoms with Crippen LogP contribution in [-0.4, -0.2) is 130 Å². The van der Waals surface area contributed by atoms with Crippen molar-refractivity contribution >= 4 is 62.2 Å². The summed E-state index contributed by atoms with van der Waals surface area (Å²) in [4.78, 5) is 43.9. The Balaban J connectivity index is 0.790. The van der Waals surface area contributed by atoms with E-state index in [9.17, 15) is 19.1 Å². The molecule has 71 heavy (non-hydrogen) atoms. The molecule has 376 valence electrons. The van der Waals surface area contributed by atoms with Gasteiger partial charge in [-0.3, -0.25) is 34.3 Å². The van der Waals surface area contributed by atoms with Crippen molar-refractivity contribution in [1.82, 2.24) is 29.4 Å². The second-order valence-corrected chi connectivity index (χ2v) is 22.4.